The summed E-state index contributed by atoms with van der Waals surface area (Å²) in [6.07, 6.45) is 2.08. The number of hydrogen-bond donors (Lipinski definition) is 3. The summed E-state index contributed by atoms with van der Waals surface area (Å²) in [5.41, 5.74) is 1.19. The molecule has 6 nitrogen and oxygen atoms in total. The molecule has 3 N–H and O–H groups in total. The molecule has 7 heteroatoms. The van der Waals surface area contributed by atoms with E-state index < -0.39 is 0 Å². The molecule has 1 amide bonds. The second-order valence-electron chi connectivity index (χ2n) is 6.51. The van der Waals surface area contributed by atoms with Crippen molar-refractivity contribution in [1.82, 2.24) is 16.0 Å². The summed E-state index contributed by atoms with van der Waals surface area (Å²) in [6, 6.07) is 10.6. The molecule has 1 aliphatic rings. The Labute approximate surface area is 174 Å². The van der Waals surface area contributed by atoms with Crippen LogP contribution >= 0.6 is 24.0 Å². The van der Waals surface area contributed by atoms with Crippen molar-refractivity contribution in [2.75, 3.05) is 38.1 Å². The smallest absolute Gasteiger partial charge is 0.223 e. The number of carbonyl (C=O) groups is 1. The SMILES string of the molecule is CCNC(=NCC(C)N(C)c1ccccc1)NCCNC(=O)C1CC1.I. The van der Waals surface area contributed by atoms with Crippen LogP contribution < -0.4 is 20.9 Å². The summed E-state index contributed by atoms with van der Waals surface area (Å²) in [4.78, 5) is 18.5. The monoisotopic (exact) mass is 473 g/mol. The van der Waals surface area contributed by atoms with Gasteiger partial charge in [0.25, 0.3) is 0 Å². The van der Waals surface area contributed by atoms with Crippen LogP contribution in [-0.4, -0.2) is 51.1 Å². The Balaban J connectivity index is 0.00000338. The topological polar surface area (TPSA) is 68.8 Å². The van der Waals surface area contributed by atoms with E-state index in [1.54, 1.807) is 0 Å². The number of anilines is 1. The van der Waals surface area contributed by atoms with Gasteiger partial charge in [-0.15, -0.1) is 24.0 Å². The van der Waals surface area contributed by atoms with E-state index in [1.807, 2.05) is 25.1 Å². The van der Waals surface area contributed by atoms with Crippen molar-refractivity contribution >= 4 is 41.5 Å². The number of benzene rings is 1. The lowest BCUT2D eigenvalue weighted by Gasteiger charge is -2.26. The predicted octanol–water partition coefficient (Wildman–Crippen LogP) is 2.21. The van der Waals surface area contributed by atoms with Crippen molar-refractivity contribution in [2.24, 2.45) is 10.9 Å². The maximum Gasteiger partial charge on any atom is 0.223 e. The van der Waals surface area contributed by atoms with Crippen LogP contribution in [0.15, 0.2) is 35.3 Å². The average Bonchev–Trinajstić information content (AvgIpc) is 3.48. The lowest BCUT2D eigenvalue weighted by atomic mass is 10.2. The van der Waals surface area contributed by atoms with Crippen LogP contribution in [0.2, 0.25) is 0 Å². The average molecular weight is 473 g/mol. The van der Waals surface area contributed by atoms with Crippen molar-refractivity contribution in [2.45, 2.75) is 32.7 Å². The highest BCUT2D eigenvalue weighted by Crippen LogP contribution is 2.28. The highest BCUT2D eigenvalue weighted by Gasteiger charge is 2.28. The van der Waals surface area contributed by atoms with E-state index in [9.17, 15) is 4.79 Å². The van der Waals surface area contributed by atoms with Crippen molar-refractivity contribution < 1.29 is 4.79 Å². The lowest BCUT2D eigenvalue weighted by Crippen LogP contribution is -2.42. The third kappa shape index (κ3) is 7.80. The van der Waals surface area contributed by atoms with Gasteiger partial charge in [0.2, 0.25) is 5.91 Å². The number of hydrogen-bond acceptors (Lipinski definition) is 3. The Morgan fingerprint density at radius 1 is 1.19 bits per heavy atom. The molecule has 0 radical (unpaired) electrons. The van der Waals surface area contributed by atoms with Gasteiger partial charge in [-0.1, -0.05) is 18.2 Å². The predicted molar refractivity (Wildman–Crippen MR) is 119 cm³/mol. The minimum absolute atomic E-state index is 0. The maximum absolute atomic E-state index is 11.6. The quantitative estimate of drug-likeness (QED) is 0.223. The fraction of sp³-hybridized carbons (Fsp3) is 0.579. The minimum Gasteiger partial charge on any atom is -0.370 e. The number of carbonyl (C=O) groups excluding carboxylic acids is 1. The molecule has 146 valence electrons. The number of likely N-dealkylation sites (N-methyl/N-ethyl adjacent to an activating group) is 1. The van der Waals surface area contributed by atoms with Crippen molar-refractivity contribution in [1.29, 1.82) is 0 Å². The molecule has 1 atom stereocenters. The first-order valence-corrected chi connectivity index (χ1v) is 9.19. The minimum atomic E-state index is 0. The Morgan fingerprint density at radius 3 is 2.46 bits per heavy atom. The molecule has 0 spiro atoms. The second kappa shape index (κ2) is 12.0. The van der Waals surface area contributed by atoms with Gasteiger partial charge in [0.05, 0.1) is 6.54 Å². The first kappa shape index (κ1) is 22.5. The maximum atomic E-state index is 11.6. The molecule has 0 bridgehead atoms. The zero-order valence-electron chi connectivity index (χ0n) is 16.0. The molecular formula is C19H32IN5O. The van der Waals surface area contributed by atoms with E-state index in [4.69, 9.17) is 0 Å². The highest BCUT2D eigenvalue weighted by molar-refractivity contribution is 14.0. The molecule has 0 heterocycles. The fourth-order valence-electron chi connectivity index (χ4n) is 2.46. The Kier molecular flexibility index (Phi) is 10.4. The van der Waals surface area contributed by atoms with Gasteiger partial charge < -0.3 is 20.9 Å². The molecular weight excluding hydrogens is 441 g/mol. The zero-order chi connectivity index (χ0) is 18.1. The molecule has 1 aliphatic carbocycles. The van der Waals surface area contributed by atoms with E-state index in [2.05, 4.69) is 51.9 Å². The van der Waals surface area contributed by atoms with Gasteiger partial charge in [-0.05, 0) is 38.8 Å². The highest BCUT2D eigenvalue weighted by atomic mass is 127. The molecule has 1 saturated carbocycles. The van der Waals surface area contributed by atoms with E-state index >= 15 is 0 Å². The second-order valence-corrected chi connectivity index (χ2v) is 6.51. The van der Waals surface area contributed by atoms with Crippen LogP contribution in [0.3, 0.4) is 0 Å². The van der Waals surface area contributed by atoms with Gasteiger partial charge in [0.15, 0.2) is 5.96 Å². The molecule has 0 aromatic heterocycles. The van der Waals surface area contributed by atoms with Gasteiger partial charge in [-0.3, -0.25) is 9.79 Å². The van der Waals surface area contributed by atoms with E-state index in [1.165, 1.54) is 5.69 Å². The molecule has 0 saturated heterocycles. The van der Waals surface area contributed by atoms with Crippen molar-refractivity contribution in [3.63, 3.8) is 0 Å². The van der Waals surface area contributed by atoms with Crippen LogP contribution in [0.25, 0.3) is 0 Å². The summed E-state index contributed by atoms with van der Waals surface area (Å²) in [7, 11) is 2.09. The molecule has 0 aliphatic heterocycles. The van der Waals surface area contributed by atoms with E-state index in [-0.39, 0.29) is 41.8 Å². The summed E-state index contributed by atoms with van der Waals surface area (Å²) in [6.45, 7) is 7.01. The molecule has 2 rings (SSSR count). The van der Waals surface area contributed by atoms with Gasteiger partial charge in [-0.25, -0.2) is 0 Å². The lowest BCUT2D eigenvalue weighted by molar-refractivity contribution is -0.122. The largest absolute Gasteiger partial charge is 0.370 e. The number of para-hydroxylation sites is 1. The number of nitrogens with zero attached hydrogens (tertiary/aromatic N) is 2. The molecule has 1 aromatic carbocycles. The number of halogens is 1. The number of amides is 1. The zero-order valence-corrected chi connectivity index (χ0v) is 18.3. The van der Waals surface area contributed by atoms with Gasteiger partial charge in [-0.2, -0.15) is 0 Å². The third-order valence-corrected chi connectivity index (χ3v) is 4.35. The van der Waals surface area contributed by atoms with Crippen molar-refractivity contribution in [3.05, 3.63) is 30.3 Å². The fourth-order valence-corrected chi connectivity index (χ4v) is 2.46. The Bertz CT molecular complexity index is 562. The first-order chi connectivity index (χ1) is 12.1. The first-order valence-electron chi connectivity index (χ1n) is 9.19. The third-order valence-electron chi connectivity index (χ3n) is 4.35. The molecule has 1 fully saturated rings. The van der Waals surface area contributed by atoms with Crippen LogP contribution in [0.5, 0.6) is 0 Å². The van der Waals surface area contributed by atoms with Gasteiger partial charge in [0, 0.05) is 44.3 Å². The summed E-state index contributed by atoms with van der Waals surface area (Å²) < 4.78 is 0. The van der Waals surface area contributed by atoms with Gasteiger partial charge in [0.1, 0.15) is 0 Å². The van der Waals surface area contributed by atoms with Crippen LogP contribution in [-0.2, 0) is 4.79 Å². The van der Waals surface area contributed by atoms with Crippen LogP contribution in [0, 0.1) is 5.92 Å². The number of nitrogens with one attached hydrogen (secondary N) is 3. The van der Waals surface area contributed by atoms with E-state index in [0.717, 1.165) is 25.3 Å². The molecule has 26 heavy (non-hydrogen) atoms. The van der Waals surface area contributed by atoms with Crippen molar-refractivity contribution in [3.8, 4) is 0 Å². The number of guanidine groups is 1. The van der Waals surface area contributed by atoms with Gasteiger partial charge >= 0.3 is 0 Å². The standard InChI is InChI=1S/C19H31N5O.HI/c1-4-20-19(22-13-12-21-18(25)16-10-11-16)23-14-15(2)24(3)17-8-6-5-7-9-17;/h5-9,15-16H,4,10-14H2,1-3H3,(H,21,25)(H2,20,22,23);1H. The molecule has 1 unspecified atom stereocenters. The Morgan fingerprint density at radius 2 is 1.85 bits per heavy atom. The number of rotatable bonds is 9. The summed E-state index contributed by atoms with van der Waals surface area (Å²) >= 11 is 0. The number of aliphatic imine (C=N–C) groups is 1. The van der Waals surface area contributed by atoms with Crippen LogP contribution in [0.1, 0.15) is 26.7 Å². The van der Waals surface area contributed by atoms with E-state index in [0.29, 0.717) is 19.6 Å². The Hall–Kier alpha value is -1.51. The normalized spacial score (nSPS) is 14.8. The van der Waals surface area contributed by atoms with Crippen LogP contribution in [0.4, 0.5) is 5.69 Å². The summed E-state index contributed by atoms with van der Waals surface area (Å²) in [5, 5.41) is 9.48. The summed E-state index contributed by atoms with van der Waals surface area (Å²) in [5.74, 6) is 1.23. The molecule has 1 aromatic rings.